The molecule has 0 fully saturated rings. The second kappa shape index (κ2) is 6.76. The lowest BCUT2D eigenvalue weighted by Gasteiger charge is -2.19. The number of aliphatic imine (C=N–C) groups is 2. The van der Waals surface area contributed by atoms with Crippen LogP contribution in [0.4, 0.5) is 11.4 Å². The van der Waals surface area contributed by atoms with Crippen molar-refractivity contribution in [1.82, 2.24) is 0 Å². The molecule has 4 heteroatoms. The second-order valence-electron chi connectivity index (χ2n) is 6.08. The van der Waals surface area contributed by atoms with Crippen LogP contribution < -0.4 is 0 Å². The number of aryl methyl sites for hydroxylation is 2. The number of carbonyl (C=O) groups excluding carboxylic acids is 2. The number of hydrogen-bond acceptors (Lipinski definition) is 4. The maximum Gasteiger partial charge on any atom is 0.240 e. The number of benzene rings is 2. The molecule has 2 rings (SSSR count). The highest BCUT2D eigenvalue weighted by Crippen LogP contribution is 2.44. The van der Waals surface area contributed by atoms with Gasteiger partial charge in [-0.2, -0.15) is 9.98 Å². The van der Waals surface area contributed by atoms with Crippen molar-refractivity contribution >= 4 is 23.5 Å². The Morgan fingerprint density at radius 2 is 1.29 bits per heavy atom. The topological polar surface area (TPSA) is 58.9 Å². The van der Waals surface area contributed by atoms with Crippen molar-refractivity contribution in [2.45, 2.75) is 41.5 Å². The Morgan fingerprint density at radius 3 is 1.88 bits per heavy atom. The van der Waals surface area contributed by atoms with Gasteiger partial charge in [0.05, 0.1) is 0 Å². The first-order valence-electron chi connectivity index (χ1n) is 7.71. The standard InChI is InChI=1S/C20H20N2O2/c1-11-7-17(16(6)15(5)13(11)3)19-14(4)12(2)8-18(21-9-23)20(19)22-10-24/h7-8H,1-6H3. The molecule has 122 valence electrons. The molecule has 0 aliphatic rings. The summed E-state index contributed by atoms with van der Waals surface area (Å²) in [5, 5.41) is 0. The van der Waals surface area contributed by atoms with E-state index in [1.165, 1.54) is 17.2 Å². The Morgan fingerprint density at radius 1 is 0.708 bits per heavy atom. The van der Waals surface area contributed by atoms with E-state index in [4.69, 9.17) is 0 Å². The number of isocyanates is 2. The van der Waals surface area contributed by atoms with E-state index in [-0.39, 0.29) is 0 Å². The predicted octanol–water partition coefficient (Wildman–Crippen LogP) is 5.14. The van der Waals surface area contributed by atoms with E-state index in [1.807, 2.05) is 13.8 Å². The molecule has 0 N–H and O–H groups in total. The summed E-state index contributed by atoms with van der Waals surface area (Å²) in [7, 11) is 0. The molecule has 2 aromatic carbocycles. The van der Waals surface area contributed by atoms with Crippen molar-refractivity contribution in [3.05, 3.63) is 45.5 Å². The van der Waals surface area contributed by atoms with E-state index in [9.17, 15) is 9.59 Å². The molecular weight excluding hydrogens is 300 g/mol. The fourth-order valence-corrected chi connectivity index (χ4v) is 2.98. The molecule has 0 amide bonds. The van der Waals surface area contributed by atoms with Crippen LogP contribution in [0.2, 0.25) is 0 Å². The molecule has 0 radical (unpaired) electrons. The molecule has 0 saturated carbocycles. The second-order valence-corrected chi connectivity index (χ2v) is 6.08. The van der Waals surface area contributed by atoms with E-state index in [0.717, 1.165) is 33.4 Å². The average Bonchev–Trinajstić information content (AvgIpc) is 2.55. The van der Waals surface area contributed by atoms with Crippen LogP contribution in [0.15, 0.2) is 22.1 Å². The molecule has 0 aliphatic heterocycles. The average molecular weight is 320 g/mol. The zero-order valence-corrected chi connectivity index (χ0v) is 14.9. The molecule has 0 spiro atoms. The summed E-state index contributed by atoms with van der Waals surface area (Å²) < 4.78 is 0. The molecule has 0 aromatic heterocycles. The fraction of sp³-hybridized carbons (Fsp3) is 0.300. The lowest BCUT2D eigenvalue weighted by atomic mass is 9.86. The van der Waals surface area contributed by atoms with Crippen LogP contribution in [0.5, 0.6) is 0 Å². The third-order valence-corrected chi connectivity index (χ3v) is 4.87. The van der Waals surface area contributed by atoms with Gasteiger partial charge in [0.1, 0.15) is 11.4 Å². The first-order chi connectivity index (χ1) is 11.3. The van der Waals surface area contributed by atoms with Crippen LogP contribution in [0.3, 0.4) is 0 Å². The van der Waals surface area contributed by atoms with Crippen molar-refractivity contribution < 1.29 is 9.59 Å². The van der Waals surface area contributed by atoms with Gasteiger partial charge in [-0.05, 0) is 86.6 Å². The third-order valence-electron chi connectivity index (χ3n) is 4.87. The highest BCUT2D eigenvalue weighted by atomic mass is 16.1. The molecule has 2 aromatic rings. The molecule has 0 aliphatic carbocycles. The lowest BCUT2D eigenvalue weighted by Crippen LogP contribution is -1.97. The third kappa shape index (κ3) is 2.85. The Balaban J connectivity index is 3.04. The minimum absolute atomic E-state index is 0.335. The summed E-state index contributed by atoms with van der Waals surface area (Å²) in [6.45, 7) is 12.2. The lowest BCUT2D eigenvalue weighted by molar-refractivity contribution is 0.564. The maximum absolute atomic E-state index is 11.0. The molecule has 0 atom stereocenters. The summed E-state index contributed by atoms with van der Waals surface area (Å²) in [5.74, 6) is 0. The number of rotatable bonds is 3. The zero-order valence-electron chi connectivity index (χ0n) is 14.9. The fourth-order valence-electron chi connectivity index (χ4n) is 2.98. The Kier molecular flexibility index (Phi) is 4.94. The van der Waals surface area contributed by atoms with E-state index in [2.05, 4.69) is 43.7 Å². The van der Waals surface area contributed by atoms with Gasteiger partial charge >= 0.3 is 0 Å². The smallest absolute Gasteiger partial charge is 0.211 e. The van der Waals surface area contributed by atoms with Gasteiger partial charge in [0.2, 0.25) is 12.2 Å². The van der Waals surface area contributed by atoms with E-state index in [0.29, 0.717) is 11.4 Å². The molecule has 0 saturated heterocycles. The summed E-state index contributed by atoms with van der Waals surface area (Å²) in [5.41, 5.74) is 9.21. The Labute approximate surface area is 142 Å². The van der Waals surface area contributed by atoms with Crippen LogP contribution >= 0.6 is 0 Å². The minimum Gasteiger partial charge on any atom is -0.211 e. The molecular formula is C20H20N2O2. The van der Waals surface area contributed by atoms with Crippen LogP contribution in [-0.4, -0.2) is 12.2 Å². The molecule has 0 heterocycles. The van der Waals surface area contributed by atoms with Gasteiger partial charge in [-0.15, -0.1) is 0 Å². The monoisotopic (exact) mass is 320 g/mol. The largest absolute Gasteiger partial charge is 0.240 e. The summed E-state index contributed by atoms with van der Waals surface area (Å²) in [6.07, 6.45) is 3.12. The Hall–Kier alpha value is -2.80. The SMILES string of the molecule is Cc1cc(-c2c(C)c(C)cc(N=C=O)c2N=C=O)c(C)c(C)c1C. The van der Waals surface area contributed by atoms with Gasteiger partial charge in [0, 0.05) is 5.56 Å². The number of hydrogen-bond donors (Lipinski definition) is 0. The minimum atomic E-state index is 0.335. The molecule has 0 bridgehead atoms. The van der Waals surface area contributed by atoms with Gasteiger partial charge in [-0.25, -0.2) is 9.59 Å². The summed E-state index contributed by atoms with van der Waals surface area (Å²) >= 11 is 0. The van der Waals surface area contributed by atoms with Crippen molar-refractivity contribution in [3.63, 3.8) is 0 Å². The van der Waals surface area contributed by atoms with Gasteiger partial charge in [-0.1, -0.05) is 6.07 Å². The quantitative estimate of drug-likeness (QED) is 0.581. The van der Waals surface area contributed by atoms with Crippen LogP contribution in [0.1, 0.15) is 33.4 Å². The van der Waals surface area contributed by atoms with Gasteiger partial charge in [0.15, 0.2) is 0 Å². The molecule has 4 nitrogen and oxygen atoms in total. The normalized spacial score (nSPS) is 10.1. The van der Waals surface area contributed by atoms with Crippen LogP contribution in [0.25, 0.3) is 11.1 Å². The summed E-state index contributed by atoms with van der Waals surface area (Å²) in [6, 6.07) is 3.83. The summed E-state index contributed by atoms with van der Waals surface area (Å²) in [4.78, 5) is 29.3. The van der Waals surface area contributed by atoms with Crippen molar-refractivity contribution in [1.29, 1.82) is 0 Å². The van der Waals surface area contributed by atoms with E-state index < -0.39 is 0 Å². The van der Waals surface area contributed by atoms with Crippen molar-refractivity contribution in [3.8, 4) is 11.1 Å². The van der Waals surface area contributed by atoms with Crippen LogP contribution in [-0.2, 0) is 9.59 Å². The van der Waals surface area contributed by atoms with Gasteiger partial charge in [0.25, 0.3) is 0 Å². The predicted molar refractivity (Wildman–Crippen MR) is 95.9 cm³/mol. The van der Waals surface area contributed by atoms with Crippen molar-refractivity contribution in [2.75, 3.05) is 0 Å². The van der Waals surface area contributed by atoms with Crippen LogP contribution in [0, 0.1) is 41.5 Å². The molecule has 24 heavy (non-hydrogen) atoms. The molecule has 0 unspecified atom stereocenters. The van der Waals surface area contributed by atoms with Crippen molar-refractivity contribution in [2.24, 2.45) is 9.98 Å². The van der Waals surface area contributed by atoms with Gasteiger partial charge < -0.3 is 0 Å². The van der Waals surface area contributed by atoms with E-state index in [1.54, 1.807) is 12.1 Å². The Bertz CT molecular complexity index is 930. The first-order valence-corrected chi connectivity index (χ1v) is 7.71. The zero-order chi connectivity index (χ0) is 18.0. The van der Waals surface area contributed by atoms with Gasteiger partial charge in [-0.3, -0.25) is 0 Å². The maximum atomic E-state index is 11.0. The highest BCUT2D eigenvalue weighted by Gasteiger charge is 2.19. The highest BCUT2D eigenvalue weighted by molar-refractivity contribution is 5.90. The first kappa shape index (κ1) is 17.6. The van der Waals surface area contributed by atoms with E-state index >= 15 is 0 Å². The number of nitrogens with zero attached hydrogens (tertiary/aromatic N) is 2.